The lowest BCUT2D eigenvalue weighted by Gasteiger charge is -2.11. The molecule has 0 fully saturated rings. The van der Waals surface area contributed by atoms with Crippen LogP contribution in [-0.4, -0.2) is 29.7 Å². The number of methoxy groups -OCH3 is 1. The van der Waals surface area contributed by atoms with Gasteiger partial charge in [-0.25, -0.2) is 19.2 Å². The fourth-order valence-electron chi connectivity index (χ4n) is 1.80. The summed E-state index contributed by atoms with van der Waals surface area (Å²) in [6.45, 7) is 1.80. The summed E-state index contributed by atoms with van der Waals surface area (Å²) in [6, 6.07) is 3.99. The highest BCUT2D eigenvalue weighted by Crippen LogP contribution is 2.29. The van der Waals surface area contributed by atoms with E-state index in [0.717, 1.165) is 6.07 Å². The Morgan fingerprint density at radius 1 is 1.41 bits per heavy atom. The van der Waals surface area contributed by atoms with E-state index >= 15 is 0 Å². The first-order valence-corrected chi connectivity index (χ1v) is 6.69. The Labute approximate surface area is 131 Å². The second kappa shape index (κ2) is 6.57. The Morgan fingerprint density at radius 2 is 2.14 bits per heavy atom. The molecule has 6 nitrogen and oxygen atoms in total. The summed E-state index contributed by atoms with van der Waals surface area (Å²) < 4.78 is 23.9. The van der Waals surface area contributed by atoms with Gasteiger partial charge in [0.1, 0.15) is 5.82 Å². The Balaban J connectivity index is 2.61. The molecule has 1 heterocycles. The third kappa shape index (κ3) is 3.09. The number of ether oxygens (including phenoxy) is 2. The largest absolute Gasteiger partial charge is 0.491 e. The van der Waals surface area contributed by atoms with E-state index in [1.54, 1.807) is 6.92 Å². The van der Waals surface area contributed by atoms with Crippen LogP contribution in [0.1, 0.15) is 17.4 Å². The average Bonchev–Trinajstić information content (AvgIpc) is 2.46. The fourth-order valence-corrected chi connectivity index (χ4v) is 1.96. The van der Waals surface area contributed by atoms with Crippen LogP contribution < -0.4 is 10.5 Å². The number of anilines is 1. The predicted molar refractivity (Wildman–Crippen MR) is 79.4 cm³/mol. The molecular weight excluding hydrogens is 313 g/mol. The molecule has 1 aromatic carbocycles. The van der Waals surface area contributed by atoms with Gasteiger partial charge in [-0.05, 0) is 25.1 Å². The normalized spacial score (nSPS) is 10.4. The number of nitrogens with two attached hydrogens (primary N) is 1. The number of benzene rings is 1. The molecular formula is C14H13ClFN3O3. The van der Waals surface area contributed by atoms with Gasteiger partial charge in [0.15, 0.2) is 23.1 Å². The van der Waals surface area contributed by atoms with Crippen LogP contribution in [0.15, 0.2) is 18.2 Å². The number of hydrogen-bond donors (Lipinski definition) is 1. The van der Waals surface area contributed by atoms with Gasteiger partial charge in [-0.3, -0.25) is 0 Å². The Morgan fingerprint density at radius 3 is 2.73 bits per heavy atom. The molecule has 0 saturated heterocycles. The number of esters is 1. The van der Waals surface area contributed by atoms with Crippen molar-refractivity contribution in [2.45, 2.75) is 6.92 Å². The van der Waals surface area contributed by atoms with E-state index in [4.69, 9.17) is 26.8 Å². The van der Waals surface area contributed by atoms with Crippen LogP contribution in [0.3, 0.4) is 0 Å². The van der Waals surface area contributed by atoms with Gasteiger partial charge >= 0.3 is 5.97 Å². The molecule has 0 aliphatic heterocycles. The molecule has 0 atom stereocenters. The average molecular weight is 326 g/mol. The molecule has 22 heavy (non-hydrogen) atoms. The fraction of sp³-hybridized carbons (Fsp3) is 0.214. The standard InChI is InChI=1S/C14H13ClFN3O3/c1-3-22-14(20)10-11(21-2)12(17)19-13(18-10)8-5-4-7(15)6-9(8)16/h4-6H,3H2,1-2H3,(H2,17,18,19). The van der Waals surface area contributed by atoms with Gasteiger partial charge in [0.25, 0.3) is 0 Å². The van der Waals surface area contributed by atoms with Crippen LogP contribution in [-0.2, 0) is 4.74 Å². The van der Waals surface area contributed by atoms with E-state index in [2.05, 4.69) is 9.97 Å². The molecule has 0 aliphatic rings. The van der Waals surface area contributed by atoms with Gasteiger partial charge in [0.2, 0.25) is 0 Å². The van der Waals surface area contributed by atoms with Crippen molar-refractivity contribution in [3.63, 3.8) is 0 Å². The maximum atomic E-state index is 14.0. The second-order valence-corrected chi connectivity index (χ2v) is 4.60. The van der Waals surface area contributed by atoms with E-state index < -0.39 is 11.8 Å². The molecule has 116 valence electrons. The number of nitrogens with zero attached hydrogens (tertiary/aromatic N) is 2. The molecule has 0 radical (unpaired) electrons. The van der Waals surface area contributed by atoms with Crippen LogP contribution in [0, 0.1) is 5.82 Å². The Kier molecular flexibility index (Phi) is 4.77. The number of nitrogen functional groups attached to an aromatic ring is 1. The van der Waals surface area contributed by atoms with Gasteiger partial charge < -0.3 is 15.2 Å². The number of carbonyl (C=O) groups is 1. The van der Waals surface area contributed by atoms with Crippen LogP contribution >= 0.6 is 11.6 Å². The third-order valence-electron chi connectivity index (χ3n) is 2.74. The van der Waals surface area contributed by atoms with Crippen LogP contribution in [0.4, 0.5) is 10.2 Å². The minimum Gasteiger partial charge on any atom is -0.491 e. The smallest absolute Gasteiger partial charge is 0.361 e. The second-order valence-electron chi connectivity index (χ2n) is 4.16. The van der Waals surface area contributed by atoms with Gasteiger partial charge in [0, 0.05) is 5.02 Å². The van der Waals surface area contributed by atoms with E-state index in [1.165, 1.54) is 19.2 Å². The third-order valence-corrected chi connectivity index (χ3v) is 2.97. The molecule has 0 spiro atoms. The molecule has 0 aliphatic carbocycles. The van der Waals surface area contributed by atoms with Crippen molar-refractivity contribution in [1.29, 1.82) is 0 Å². The zero-order valence-corrected chi connectivity index (χ0v) is 12.6. The molecule has 0 bridgehead atoms. The minimum atomic E-state index is -0.732. The lowest BCUT2D eigenvalue weighted by atomic mass is 10.2. The Bertz CT molecular complexity index is 725. The zero-order valence-electron chi connectivity index (χ0n) is 11.9. The van der Waals surface area contributed by atoms with Gasteiger partial charge in [-0.2, -0.15) is 0 Å². The van der Waals surface area contributed by atoms with Crippen molar-refractivity contribution in [1.82, 2.24) is 9.97 Å². The Hall–Kier alpha value is -2.41. The maximum absolute atomic E-state index is 14.0. The maximum Gasteiger partial charge on any atom is 0.361 e. The van der Waals surface area contributed by atoms with Gasteiger partial charge in [-0.1, -0.05) is 11.6 Å². The number of halogens is 2. The lowest BCUT2D eigenvalue weighted by Crippen LogP contribution is -2.13. The molecule has 0 saturated carbocycles. The van der Waals surface area contributed by atoms with Crippen molar-refractivity contribution in [2.24, 2.45) is 0 Å². The van der Waals surface area contributed by atoms with Crippen molar-refractivity contribution in [3.8, 4) is 17.1 Å². The highest BCUT2D eigenvalue weighted by atomic mass is 35.5. The van der Waals surface area contributed by atoms with Crippen LogP contribution in [0.2, 0.25) is 5.02 Å². The number of carbonyl (C=O) groups excluding carboxylic acids is 1. The lowest BCUT2D eigenvalue weighted by molar-refractivity contribution is 0.0515. The van der Waals surface area contributed by atoms with Crippen molar-refractivity contribution < 1.29 is 18.7 Å². The first-order chi connectivity index (χ1) is 10.5. The van der Waals surface area contributed by atoms with E-state index in [1.807, 2.05) is 0 Å². The molecule has 0 amide bonds. The molecule has 1 aromatic heterocycles. The number of rotatable bonds is 4. The SMILES string of the molecule is CCOC(=O)c1nc(-c2ccc(Cl)cc2F)nc(N)c1OC. The summed E-state index contributed by atoms with van der Waals surface area (Å²) in [7, 11) is 1.32. The monoisotopic (exact) mass is 325 g/mol. The van der Waals surface area contributed by atoms with Gasteiger partial charge in [0.05, 0.1) is 19.3 Å². The predicted octanol–water partition coefficient (Wildman–Crippen LogP) is 2.70. The van der Waals surface area contributed by atoms with Crippen LogP contribution in [0.25, 0.3) is 11.4 Å². The minimum absolute atomic E-state index is 0.0171. The quantitative estimate of drug-likeness (QED) is 0.870. The summed E-state index contributed by atoms with van der Waals surface area (Å²) in [5, 5.41) is 0.230. The molecule has 2 N–H and O–H groups in total. The van der Waals surface area contributed by atoms with E-state index in [9.17, 15) is 9.18 Å². The van der Waals surface area contributed by atoms with E-state index in [0.29, 0.717) is 0 Å². The summed E-state index contributed by atoms with van der Waals surface area (Å²) in [4.78, 5) is 19.9. The summed E-state index contributed by atoms with van der Waals surface area (Å²) in [5.41, 5.74) is 5.65. The molecule has 2 aromatic rings. The van der Waals surface area contributed by atoms with Gasteiger partial charge in [-0.15, -0.1) is 0 Å². The highest BCUT2D eigenvalue weighted by molar-refractivity contribution is 6.30. The van der Waals surface area contributed by atoms with Crippen molar-refractivity contribution in [3.05, 3.63) is 34.7 Å². The van der Waals surface area contributed by atoms with Crippen molar-refractivity contribution in [2.75, 3.05) is 19.5 Å². The number of aromatic nitrogens is 2. The first kappa shape index (κ1) is 16.0. The van der Waals surface area contributed by atoms with Crippen molar-refractivity contribution >= 4 is 23.4 Å². The molecule has 0 unspecified atom stereocenters. The summed E-state index contributed by atoms with van der Waals surface area (Å²) in [6.07, 6.45) is 0. The van der Waals surface area contributed by atoms with Crippen LogP contribution in [0.5, 0.6) is 5.75 Å². The summed E-state index contributed by atoms with van der Waals surface area (Å²) in [5.74, 6) is -1.53. The first-order valence-electron chi connectivity index (χ1n) is 6.32. The number of hydrogen-bond acceptors (Lipinski definition) is 6. The summed E-state index contributed by atoms with van der Waals surface area (Å²) >= 11 is 5.71. The topological polar surface area (TPSA) is 87.3 Å². The molecule has 8 heteroatoms. The van der Waals surface area contributed by atoms with E-state index in [-0.39, 0.29) is 40.3 Å². The zero-order chi connectivity index (χ0) is 16.3. The highest BCUT2D eigenvalue weighted by Gasteiger charge is 2.22. The molecule has 2 rings (SSSR count).